The normalized spacial score (nSPS) is 12.8. The van der Waals surface area contributed by atoms with Crippen molar-refractivity contribution in [2.24, 2.45) is 0 Å². The number of aryl methyl sites for hydroxylation is 2. The summed E-state index contributed by atoms with van der Waals surface area (Å²) in [5.74, 6) is -0.362. The van der Waals surface area contributed by atoms with Crippen molar-refractivity contribution in [2.45, 2.75) is 64.7 Å². The Morgan fingerprint density at radius 1 is 1.12 bits per heavy atom. The van der Waals surface area contributed by atoms with E-state index in [1.807, 2.05) is 49.4 Å². The molecule has 0 saturated heterocycles. The molecule has 5 rings (SSSR count). The lowest BCUT2D eigenvalue weighted by Crippen LogP contribution is -2.23. The van der Waals surface area contributed by atoms with Crippen molar-refractivity contribution in [3.8, 4) is 0 Å². The van der Waals surface area contributed by atoms with Crippen LogP contribution in [0.15, 0.2) is 65.1 Å². The Morgan fingerprint density at radius 2 is 1.91 bits per heavy atom. The van der Waals surface area contributed by atoms with E-state index in [9.17, 15) is 23.1 Å². The highest BCUT2D eigenvalue weighted by Crippen LogP contribution is 2.31. The van der Waals surface area contributed by atoms with Gasteiger partial charge in [0.1, 0.15) is 5.82 Å². The number of carboxylic acids is 1. The number of aromatic nitrogens is 3. The fourth-order valence-corrected chi connectivity index (χ4v) is 6.23. The first-order valence-corrected chi connectivity index (χ1v) is 15.2. The molecule has 0 saturated carbocycles. The molecule has 0 aliphatic heterocycles. The zero-order chi connectivity index (χ0) is 30.7. The number of aromatic carboxylic acids is 1. The average molecular weight is 656 g/mol. The minimum absolute atomic E-state index is 0.00917. The number of halogens is 4. The predicted octanol–water partition coefficient (Wildman–Crippen LogP) is 8.50. The molecule has 0 aliphatic rings. The van der Waals surface area contributed by atoms with Gasteiger partial charge in [0.2, 0.25) is 0 Å². The Hall–Kier alpha value is -3.63. The fourth-order valence-electron chi connectivity index (χ4n) is 5.63. The molecule has 0 aliphatic carbocycles. The minimum atomic E-state index is -4.22. The summed E-state index contributed by atoms with van der Waals surface area (Å²) >= 11 is 3.38. The quantitative estimate of drug-likeness (QED) is 0.126. The summed E-state index contributed by atoms with van der Waals surface area (Å²) < 4.78 is 42.2. The van der Waals surface area contributed by atoms with E-state index in [-0.39, 0.29) is 17.9 Å². The van der Waals surface area contributed by atoms with Crippen LogP contribution in [0.25, 0.3) is 21.9 Å². The standard InChI is InChI=1S/C33H34BrF3N4O2/c1-3-6-30-40-31-20(2)13-22(15-29(31)41(30)19-21-9-10-25(32(42)43)26(34)14-21)17-38-18-24(11-12-33(35,36)37)28-16-23-7-4-5-8-27(23)39-28/h4-5,7-10,13-16,24,38-39H,3,6,11-12,17-19H2,1-2H3,(H,42,43). The van der Waals surface area contributed by atoms with Gasteiger partial charge in [-0.1, -0.05) is 37.3 Å². The molecule has 0 fully saturated rings. The van der Waals surface area contributed by atoms with Crippen LogP contribution in [0.3, 0.4) is 0 Å². The van der Waals surface area contributed by atoms with E-state index in [2.05, 4.69) is 49.9 Å². The van der Waals surface area contributed by atoms with Gasteiger partial charge in [-0.05, 0) is 88.1 Å². The van der Waals surface area contributed by atoms with Crippen LogP contribution >= 0.6 is 15.9 Å². The number of carboxylic acid groups (broad SMARTS) is 1. The average Bonchev–Trinajstić information content (AvgIpc) is 3.52. The number of benzene rings is 3. The van der Waals surface area contributed by atoms with E-state index >= 15 is 0 Å². The van der Waals surface area contributed by atoms with E-state index in [1.165, 1.54) is 0 Å². The second-order valence-electron chi connectivity index (χ2n) is 11.1. The zero-order valence-corrected chi connectivity index (χ0v) is 25.6. The highest BCUT2D eigenvalue weighted by Gasteiger charge is 2.29. The summed E-state index contributed by atoms with van der Waals surface area (Å²) in [5.41, 5.74) is 6.79. The highest BCUT2D eigenvalue weighted by atomic mass is 79.9. The summed E-state index contributed by atoms with van der Waals surface area (Å²) in [6, 6.07) is 19.1. The van der Waals surface area contributed by atoms with Crippen LogP contribution in [-0.4, -0.2) is 38.3 Å². The van der Waals surface area contributed by atoms with Crippen molar-refractivity contribution < 1.29 is 23.1 Å². The Balaban J connectivity index is 1.39. The number of nitrogens with zero attached hydrogens (tertiary/aromatic N) is 2. The summed E-state index contributed by atoms with van der Waals surface area (Å²) in [5, 5.41) is 13.8. The van der Waals surface area contributed by atoms with Crippen molar-refractivity contribution in [1.82, 2.24) is 19.9 Å². The van der Waals surface area contributed by atoms with Crippen molar-refractivity contribution >= 4 is 43.8 Å². The van der Waals surface area contributed by atoms with Gasteiger partial charge in [0.05, 0.1) is 16.6 Å². The lowest BCUT2D eigenvalue weighted by molar-refractivity contribution is -0.136. The number of hydrogen-bond donors (Lipinski definition) is 3. The number of alkyl halides is 3. The molecule has 226 valence electrons. The summed E-state index contributed by atoms with van der Waals surface area (Å²) in [6.45, 7) is 5.54. The first-order valence-electron chi connectivity index (χ1n) is 14.4. The van der Waals surface area contributed by atoms with E-state index in [4.69, 9.17) is 4.98 Å². The molecule has 1 atom stereocenters. The maximum absolute atomic E-state index is 13.2. The summed E-state index contributed by atoms with van der Waals surface area (Å²) in [6.07, 6.45) is -3.36. The number of rotatable bonds is 12. The molecule has 0 spiro atoms. The summed E-state index contributed by atoms with van der Waals surface area (Å²) in [4.78, 5) is 19.7. The van der Waals surface area contributed by atoms with Crippen LogP contribution in [-0.2, 0) is 19.5 Å². The molecule has 1 unspecified atom stereocenters. The number of aromatic amines is 1. The number of para-hydroxylation sites is 1. The van der Waals surface area contributed by atoms with Gasteiger partial charge in [-0.2, -0.15) is 13.2 Å². The van der Waals surface area contributed by atoms with Gasteiger partial charge in [-0.15, -0.1) is 0 Å². The lowest BCUT2D eigenvalue weighted by atomic mass is 9.98. The highest BCUT2D eigenvalue weighted by molar-refractivity contribution is 9.10. The Kier molecular flexibility index (Phi) is 9.27. The number of H-pyrrole nitrogens is 1. The van der Waals surface area contributed by atoms with Crippen molar-refractivity contribution in [2.75, 3.05) is 6.54 Å². The predicted molar refractivity (Wildman–Crippen MR) is 167 cm³/mol. The summed E-state index contributed by atoms with van der Waals surface area (Å²) in [7, 11) is 0. The third kappa shape index (κ3) is 7.30. The topological polar surface area (TPSA) is 82.9 Å². The van der Waals surface area contributed by atoms with Crippen LogP contribution in [0, 0.1) is 6.92 Å². The third-order valence-electron chi connectivity index (χ3n) is 7.75. The largest absolute Gasteiger partial charge is 0.478 e. The maximum atomic E-state index is 13.2. The van der Waals surface area contributed by atoms with Gasteiger partial charge in [0.25, 0.3) is 0 Å². The van der Waals surface area contributed by atoms with Crippen LogP contribution in [0.2, 0.25) is 0 Å². The van der Waals surface area contributed by atoms with E-state index in [1.54, 1.807) is 6.07 Å². The second-order valence-corrected chi connectivity index (χ2v) is 11.9. The molecule has 0 amide bonds. The van der Waals surface area contributed by atoms with Gasteiger partial charge in [-0.25, -0.2) is 9.78 Å². The Bertz CT molecular complexity index is 1730. The van der Waals surface area contributed by atoms with Crippen molar-refractivity contribution in [3.05, 3.63) is 98.9 Å². The molecule has 3 aromatic carbocycles. The van der Waals surface area contributed by atoms with E-state index in [0.717, 1.165) is 63.0 Å². The van der Waals surface area contributed by atoms with E-state index < -0.39 is 18.6 Å². The third-order valence-corrected chi connectivity index (χ3v) is 8.40. The number of hydrogen-bond acceptors (Lipinski definition) is 3. The van der Waals surface area contributed by atoms with Crippen molar-refractivity contribution in [3.63, 3.8) is 0 Å². The van der Waals surface area contributed by atoms with Crippen LogP contribution in [0.5, 0.6) is 0 Å². The Labute approximate surface area is 256 Å². The molecular formula is C33H34BrF3N4O2. The molecule has 10 heteroatoms. The monoisotopic (exact) mass is 654 g/mol. The first-order chi connectivity index (χ1) is 20.5. The molecule has 43 heavy (non-hydrogen) atoms. The number of fused-ring (bicyclic) bond motifs is 2. The van der Waals surface area contributed by atoms with Gasteiger partial charge in [0, 0.05) is 54.1 Å². The zero-order valence-electron chi connectivity index (χ0n) is 24.1. The molecule has 2 heterocycles. The van der Waals surface area contributed by atoms with E-state index in [0.29, 0.717) is 24.1 Å². The lowest BCUT2D eigenvalue weighted by Gasteiger charge is -2.18. The number of imidazole rings is 1. The van der Waals surface area contributed by atoms with Gasteiger partial charge < -0.3 is 20.0 Å². The van der Waals surface area contributed by atoms with Crippen LogP contribution in [0.1, 0.15) is 70.7 Å². The minimum Gasteiger partial charge on any atom is -0.478 e. The van der Waals surface area contributed by atoms with Crippen LogP contribution < -0.4 is 5.32 Å². The number of nitrogens with one attached hydrogen (secondary N) is 2. The molecule has 0 radical (unpaired) electrons. The Morgan fingerprint density at radius 3 is 2.60 bits per heavy atom. The molecule has 3 N–H and O–H groups in total. The molecule has 5 aromatic rings. The smallest absolute Gasteiger partial charge is 0.389 e. The molecule has 6 nitrogen and oxygen atoms in total. The van der Waals surface area contributed by atoms with Crippen LogP contribution in [0.4, 0.5) is 13.2 Å². The second kappa shape index (κ2) is 12.9. The van der Waals surface area contributed by atoms with Gasteiger partial charge >= 0.3 is 12.1 Å². The first kappa shape index (κ1) is 30.8. The van der Waals surface area contributed by atoms with Gasteiger partial charge in [0.15, 0.2) is 0 Å². The number of carbonyl (C=O) groups is 1. The molecular weight excluding hydrogens is 621 g/mol. The molecule has 2 aromatic heterocycles. The fraction of sp³-hybridized carbons (Fsp3) is 0.333. The van der Waals surface area contributed by atoms with Gasteiger partial charge in [-0.3, -0.25) is 0 Å². The molecule has 0 bridgehead atoms. The van der Waals surface area contributed by atoms with Crippen molar-refractivity contribution in [1.29, 1.82) is 0 Å². The maximum Gasteiger partial charge on any atom is 0.389 e. The SMILES string of the molecule is CCCc1nc2c(C)cc(CNCC(CCC(F)(F)F)c3cc4ccccc4[nH]3)cc2n1Cc1ccc(C(=O)O)c(Br)c1.